The van der Waals surface area contributed by atoms with Crippen LogP contribution < -0.4 is 5.32 Å². The molecular formula is C18H19BrClNOS2. The third kappa shape index (κ3) is 7.51. The van der Waals surface area contributed by atoms with Gasteiger partial charge in [-0.25, -0.2) is 0 Å². The van der Waals surface area contributed by atoms with Gasteiger partial charge in [-0.2, -0.15) is 11.8 Å². The molecule has 6 heteroatoms. The quantitative estimate of drug-likeness (QED) is 0.526. The molecule has 2 rings (SSSR count). The van der Waals surface area contributed by atoms with E-state index in [2.05, 4.69) is 27.3 Å². The van der Waals surface area contributed by atoms with Crippen molar-refractivity contribution in [3.05, 3.63) is 69.2 Å². The Morgan fingerprint density at radius 2 is 1.79 bits per heavy atom. The largest absolute Gasteiger partial charge is 0.355 e. The Balaban J connectivity index is 1.53. The van der Waals surface area contributed by atoms with Crippen LogP contribution in [0.25, 0.3) is 0 Å². The van der Waals surface area contributed by atoms with Gasteiger partial charge in [0.05, 0.1) is 5.75 Å². The Hall–Kier alpha value is -0.620. The molecule has 0 atom stereocenters. The lowest BCUT2D eigenvalue weighted by Gasteiger charge is -2.06. The van der Waals surface area contributed by atoms with E-state index < -0.39 is 0 Å². The smallest absolute Gasteiger partial charge is 0.230 e. The number of carbonyl (C=O) groups is 1. The molecule has 0 unspecified atom stereocenters. The molecule has 0 fully saturated rings. The average Bonchev–Trinajstić information content (AvgIpc) is 2.58. The van der Waals surface area contributed by atoms with Gasteiger partial charge in [0.1, 0.15) is 0 Å². The molecule has 0 saturated carbocycles. The van der Waals surface area contributed by atoms with Gasteiger partial charge in [-0.1, -0.05) is 57.9 Å². The molecule has 0 radical (unpaired) electrons. The van der Waals surface area contributed by atoms with Gasteiger partial charge < -0.3 is 5.32 Å². The summed E-state index contributed by atoms with van der Waals surface area (Å²) in [7, 11) is 0. The van der Waals surface area contributed by atoms with Gasteiger partial charge in [-0.3, -0.25) is 4.79 Å². The molecule has 0 aromatic heterocycles. The van der Waals surface area contributed by atoms with Crippen LogP contribution in [0, 0.1) is 0 Å². The van der Waals surface area contributed by atoms with Crippen LogP contribution in [0.15, 0.2) is 53.0 Å². The highest BCUT2D eigenvalue weighted by molar-refractivity contribution is 9.10. The molecule has 0 saturated heterocycles. The van der Waals surface area contributed by atoms with E-state index in [9.17, 15) is 4.79 Å². The van der Waals surface area contributed by atoms with Gasteiger partial charge in [-0.05, 0) is 29.3 Å². The second-order valence-corrected chi connectivity index (χ2v) is 8.49. The molecule has 0 aliphatic rings. The van der Waals surface area contributed by atoms with Crippen molar-refractivity contribution in [2.75, 3.05) is 18.1 Å². The van der Waals surface area contributed by atoms with Crippen LogP contribution in [0.1, 0.15) is 11.1 Å². The lowest BCUT2D eigenvalue weighted by atomic mass is 10.2. The van der Waals surface area contributed by atoms with Gasteiger partial charge >= 0.3 is 0 Å². The molecule has 1 amide bonds. The van der Waals surface area contributed by atoms with Crippen molar-refractivity contribution in [3.8, 4) is 0 Å². The zero-order chi connectivity index (χ0) is 17.2. The number of carbonyl (C=O) groups excluding carboxylic acids is 1. The van der Waals surface area contributed by atoms with E-state index in [0.717, 1.165) is 26.8 Å². The highest BCUT2D eigenvalue weighted by atomic mass is 79.9. The number of benzene rings is 2. The van der Waals surface area contributed by atoms with E-state index >= 15 is 0 Å². The lowest BCUT2D eigenvalue weighted by molar-refractivity contribution is -0.118. The maximum atomic E-state index is 11.8. The lowest BCUT2D eigenvalue weighted by Crippen LogP contribution is -2.27. The predicted molar refractivity (Wildman–Crippen MR) is 111 cm³/mol. The van der Waals surface area contributed by atoms with Gasteiger partial charge in [0.2, 0.25) is 5.91 Å². The number of hydrogen-bond acceptors (Lipinski definition) is 3. The normalized spacial score (nSPS) is 10.6. The molecule has 24 heavy (non-hydrogen) atoms. The molecule has 0 bridgehead atoms. The Labute approximate surface area is 165 Å². The summed E-state index contributed by atoms with van der Waals surface area (Å²) in [5, 5.41) is 3.73. The van der Waals surface area contributed by atoms with E-state index in [1.54, 1.807) is 23.5 Å². The third-order valence-corrected chi connectivity index (χ3v) is 6.24. The van der Waals surface area contributed by atoms with Gasteiger partial charge in [0.25, 0.3) is 0 Å². The first-order chi connectivity index (χ1) is 11.6. The SMILES string of the molecule is O=C(CSCc1ccccc1Br)NCCSCc1ccc(Cl)cc1. The zero-order valence-corrected chi connectivity index (χ0v) is 17.1. The molecule has 2 aromatic carbocycles. The van der Waals surface area contributed by atoms with Crippen molar-refractivity contribution < 1.29 is 4.79 Å². The van der Waals surface area contributed by atoms with Crippen molar-refractivity contribution in [3.63, 3.8) is 0 Å². The number of hydrogen-bond donors (Lipinski definition) is 1. The predicted octanol–water partition coefficient (Wildman–Crippen LogP) is 5.39. The van der Waals surface area contributed by atoms with Crippen molar-refractivity contribution in [1.82, 2.24) is 5.32 Å². The van der Waals surface area contributed by atoms with Crippen LogP contribution in [0.3, 0.4) is 0 Å². The van der Waals surface area contributed by atoms with Crippen molar-refractivity contribution in [2.24, 2.45) is 0 Å². The Kier molecular flexibility index (Phi) is 9.10. The van der Waals surface area contributed by atoms with Crippen LogP contribution in [0.4, 0.5) is 0 Å². The van der Waals surface area contributed by atoms with E-state index in [0.29, 0.717) is 12.3 Å². The summed E-state index contributed by atoms with van der Waals surface area (Å²) in [6.07, 6.45) is 0. The molecule has 2 aromatic rings. The Bertz CT molecular complexity index is 652. The number of nitrogens with one attached hydrogen (secondary N) is 1. The molecule has 0 aliphatic heterocycles. The fraction of sp³-hybridized carbons (Fsp3) is 0.278. The average molecular weight is 445 g/mol. The van der Waals surface area contributed by atoms with Crippen LogP contribution in [0.2, 0.25) is 5.02 Å². The zero-order valence-electron chi connectivity index (χ0n) is 13.1. The summed E-state index contributed by atoms with van der Waals surface area (Å²) in [5.41, 5.74) is 2.47. The second-order valence-electron chi connectivity index (χ2n) is 5.11. The van der Waals surface area contributed by atoms with Crippen LogP contribution in [0.5, 0.6) is 0 Å². The number of thioether (sulfide) groups is 2. The maximum absolute atomic E-state index is 11.8. The number of rotatable bonds is 9. The van der Waals surface area contributed by atoms with Crippen LogP contribution in [-0.2, 0) is 16.3 Å². The summed E-state index contributed by atoms with van der Waals surface area (Å²) in [6.45, 7) is 0.701. The van der Waals surface area contributed by atoms with E-state index in [4.69, 9.17) is 11.6 Å². The van der Waals surface area contributed by atoms with Gasteiger partial charge in [0, 0.05) is 33.3 Å². The van der Waals surface area contributed by atoms with E-state index in [1.807, 2.05) is 42.5 Å². The van der Waals surface area contributed by atoms with E-state index in [1.165, 1.54) is 11.1 Å². The second kappa shape index (κ2) is 11.1. The highest BCUT2D eigenvalue weighted by Crippen LogP contribution is 2.21. The van der Waals surface area contributed by atoms with Crippen LogP contribution in [-0.4, -0.2) is 24.0 Å². The summed E-state index contributed by atoms with van der Waals surface area (Å²) < 4.78 is 1.09. The van der Waals surface area contributed by atoms with Gasteiger partial charge in [-0.15, -0.1) is 11.8 Å². The molecule has 0 spiro atoms. The fourth-order valence-corrected chi connectivity index (χ4v) is 4.37. The minimum Gasteiger partial charge on any atom is -0.355 e. The summed E-state index contributed by atoms with van der Waals surface area (Å²) in [5.74, 6) is 3.26. The molecule has 0 heterocycles. The summed E-state index contributed by atoms with van der Waals surface area (Å²) in [6, 6.07) is 16.0. The topological polar surface area (TPSA) is 29.1 Å². The first-order valence-electron chi connectivity index (χ1n) is 7.55. The summed E-state index contributed by atoms with van der Waals surface area (Å²) in [4.78, 5) is 11.8. The fourth-order valence-electron chi connectivity index (χ4n) is 1.95. The Morgan fingerprint density at radius 1 is 1.04 bits per heavy atom. The number of amides is 1. The molecular weight excluding hydrogens is 426 g/mol. The standard InChI is InChI=1S/C18H19BrClNOS2/c19-17-4-2-1-3-15(17)12-24-13-18(22)21-9-10-23-11-14-5-7-16(20)8-6-14/h1-8H,9-13H2,(H,21,22). The molecule has 0 aliphatic carbocycles. The molecule has 128 valence electrons. The third-order valence-electron chi connectivity index (χ3n) is 3.20. The molecule has 2 nitrogen and oxygen atoms in total. The van der Waals surface area contributed by atoms with Crippen molar-refractivity contribution in [2.45, 2.75) is 11.5 Å². The van der Waals surface area contributed by atoms with Crippen molar-refractivity contribution in [1.29, 1.82) is 0 Å². The minimum absolute atomic E-state index is 0.0964. The number of halogens is 2. The van der Waals surface area contributed by atoms with Crippen LogP contribution >= 0.6 is 51.1 Å². The first-order valence-corrected chi connectivity index (χ1v) is 11.0. The van der Waals surface area contributed by atoms with Gasteiger partial charge in [0.15, 0.2) is 0 Å². The monoisotopic (exact) mass is 443 g/mol. The highest BCUT2D eigenvalue weighted by Gasteiger charge is 2.03. The molecule has 1 N–H and O–H groups in total. The Morgan fingerprint density at radius 3 is 2.54 bits per heavy atom. The maximum Gasteiger partial charge on any atom is 0.230 e. The minimum atomic E-state index is 0.0964. The first kappa shape index (κ1) is 19.7. The summed E-state index contributed by atoms with van der Waals surface area (Å²) >= 11 is 12.8. The van der Waals surface area contributed by atoms with Crippen molar-refractivity contribution >= 4 is 57.0 Å². The van der Waals surface area contributed by atoms with E-state index in [-0.39, 0.29) is 5.91 Å².